The molecule has 2 N–H and O–H groups in total. The molecule has 0 radical (unpaired) electrons. The van der Waals surface area contributed by atoms with E-state index in [1.54, 1.807) is 0 Å². The Kier molecular flexibility index (Phi) is 5.46. The molecule has 1 rings (SSSR count). The van der Waals surface area contributed by atoms with E-state index in [9.17, 15) is 18.5 Å². The van der Waals surface area contributed by atoms with Crippen LogP contribution in [0.2, 0.25) is 0 Å². The van der Waals surface area contributed by atoms with Crippen LogP contribution in [0.4, 0.5) is 11.4 Å². The summed E-state index contributed by atoms with van der Waals surface area (Å²) in [5.41, 5.74) is 0.00907. The van der Waals surface area contributed by atoms with E-state index in [2.05, 4.69) is 10.0 Å². The van der Waals surface area contributed by atoms with Crippen molar-refractivity contribution >= 4 is 21.4 Å². The molecule has 1 unspecified atom stereocenters. The zero-order valence-corrected chi connectivity index (χ0v) is 12.5. The van der Waals surface area contributed by atoms with Gasteiger partial charge in [-0.15, -0.1) is 0 Å². The molecule has 1 aromatic rings. The van der Waals surface area contributed by atoms with Crippen LogP contribution in [0.3, 0.4) is 0 Å². The summed E-state index contributed by atoms with van der Waals surface area (Å²) in [6.07, 6.45) is 0.849. The van der Waals surface area contributed by atoms with Crippen molar-refractivity contribution in [2.45, 2.75) is 25.2 Å². The van der Waals surface area contributed by atoms with Gasteiger partial charge in [-0.3, -0.25) is 10.1 Å². The predicted molar refractivity (Wildman–Crippen MR) is 77.3 cm³/mol. The molecule has 20 heavy (non-hydrogen) atoms. The fourth-order valence-corrected chi connectivity index (χ4v) is 2.71. The van der Waals surface area contributed by atoms with E-state index in [1.165, 1.54) is 19.2 Å². The van der Waals surface area contributed by atoms with E-state index < -0.39 is 14.9 Å². The zero-order chi connectivity index (χ0) is 15.3. The number of rotatable bonds is 7. The average molecular weight is 301 g/mol. The minimum absolute atomic E-state index is 0.105. The number of anilines is 1. The van der Waals surface area contributed by atoms with Gasteiger partial charge in [0.1, 0.15) is 5.69 Å². The van der Waals surface area contributed by atoms with Crippen molar-refractivity contribution in [3.8, 4) is 0 Å². The Morgan fingerprint density at radius 3 is 2.55 bits per heavy atom. The molecule has 0 aliphatic rings. The van der Waals surface area contributed by atoms with Crippen LogP contribution in [0.25, 0.3) is 0 Å². The van der Waals surface area contributed by atoms with Crippen LogP contribution in [-0.2, 0) is 10.0 Å². The third kappa shape index (κ3) is 3.91. The fourth-order valence-electron chi connectivity index (χ4n) is 1.52. The topological polar surface area (TPSA) is 101 Å². The molecular weight excluding hydrogens is 282 g/mol. The largest absolute Gasteiger partial charge is 0.383 e. The Balaban J connectivity index is 3.07. The minimum Gasteiger partial charge on any atom is -0.383 e. The lowest BCUT2D eigenvalue weighted by Crippen LogP contribution is -2.28. The lowest BCUT2D eigenvalue weighted by Gasteiger charge is -2.11. The zero-order valence-electron chi connectivity index (χ0n) is 11.7. The van der Waals surface area contributed by atoms with E-state index in [0.29, 0.717) is 6.54 Å². The molecule has 1 atom stereocenters. The van der Waals surface area contributed by atoms with Crippen LogP contribution in [0, 0.1) is 16.0 Å². The first-order chi connectivity index (χ1) is 9.31. The van der Waals surface area contributed by atoms with E-state index in [4.69, 9.17) is 0 Å². The van der Waals surface area contributed by atoms with Gasteiger partial charge < -0.3 is 5.32 Å². The number of benzene rings is 1. The summed E-state index contributed by atoms with van der Waals surface area (Å²) >= 11 is 0. The quantitative estimate of drug-likeness (QED) is 0.592. The minimum atomic E-state index is -3.73. The maximum absolute atomic E-state index is 12.1. The van der Waals surface area contributed by atoms with Crippen molar-refractivity contribution in [3.05, 3.63) is 28.3 Å². The highest BCUT2D eigenvalue weighted by Gasteiger charge is 2.21. The molecule has 0 saturated carbocycles. The highest BCUT2D eigenvalue weighted by Crippen LogP contribution is 2.27. The van der Waals surface area contributed by atoms with E-state index in [0.717, 1.165) is 12.5 Å². The Labute approximate surface area is 118 Å². The van der Waals surface area contributed by atoms with Crippen LogP contribution in [0.1, 0.15) is 20.3 Å². The van der Waals surface area contributed by atoms with Crippen LogP contribution in [0.15, 0.2) is 23.1 Å². The van der Waals surface area contributed by atoms with Gasteiger partial charge in [-0.25, -0.2) is 13.1 Å². The van der Waals surface area contributed by atoms with Crippen molar-refractivity contribution in [1.82, 2.24) is 4.72 Å². The number of nitro groups is 1. The highest BCUT2D eigenvalue weighted by atomic mass is 32.2. The molecule has 0 aromatic heterocycles. The number of hydrogen-bond acceptors (Lipinski definition) is 5. The molecule has 0 aliphatic heterocycles. The third-order valence-corrected chi connectivity index (χ3v) is 4.49. The fraction of sp³-hybridized carbons (Fsp3) is 0.500. The average Bonchev–Trinajstić information content (AvgIpc) is 2.43. The van der Waals surface area contributed by atoms with Gasteiger partial charge in [0.2, 0.25) is 10.0 Å². The van der Waals surface area contributed by atoms with E-state index in [-0.39, 0.29) is 22.2 Å². The summed E-state index contributed by atoms with van der Waals surface area (Å²) in [5, 5.41) is 13.6. The second kappa shape index (κ2) is 6.67. The Bertz CT molecular complexity index is 586. The lowest BCUT2D eigenvalue weighted by molar-refractivity contribution is -0.384. The van der Waals surface area contributed by atoms with Gasteiger partial charge in [-0.1, -0.05) is 20.3 Å². The summed E-state index contributed by atoms with van der Waals surface area (Å²) in [5.74, 6) is 0.205. The molecule has 0 bridgehead atoms. The van der Waals surface area contributed by atoms with Gasteiger partial charge in [0.15, 0.2) is 0 Å². The number of nitrogens with one attached hydrogen (secondary N) is 2. The molecule has 0 aliphatic carbocycles. The third-order valence-electron chi connectivity index (χ3n) is 3.06. The SMILES string of the molecule is CCC(C)CNS(=O)(=O)c1ccc(NC)c([N+](=O)[O-])c1. The van der Waals surface area contributed by atoms with E-state index in [1.807, 2.05) is 13.8 Å². The lowest BCUT2D eigenvalue weighted by atomic mass is 10.1. The van der Waals surface area contributed by atoms with Gasteiger partial charge in [0.25, 0.3) is 5.69 Å². The smallest absolute Gasteiger partial charge is 0.293 e. The van der Waals surface area contributed by atoms with Crippen molar-refractivity contribution in [2.24, 2.45) is 5.92 Å². The first kappa shape index (κ1) is 16.4. The standard InChI is InChI=1S/C12H19N3O4S/c1-4-9(2)8-14-20(18,19)10-5-6-11(13-3)12(7-10)15(16)17/h5-7,9,13-14H,4,8H2,1-3H3. The van der Waals surface area contributed by atoms with Gasteiger partial charge >= 0.3 is 0 Å². The molecule has 0 spiro atoms. The normalized spacial score (nSPS) is 12.9. The summed E-state index contributed by atoms with van der Waals surface area (Å²) in [7, 11) is -2.19. The van der Waals surface area contributed by atoms with E-state index >= 15 is 0 Å². The van der Waals surface area contributed by atoms with Crippen LogP contribution < -0.4 is 10.0 Å². The highest BCUT2D eigenvalue weighted by molar-refractivity contribution is 7.89. The molecule has 0 heterocycles. The summed E-state index contributed by atoms with van der Waals surface area (Å²) < 4.78 is 26.6. The number of nitro benzene ring substituents is 1. The van der Waals surface area contributed by atoms with Gasteiger partial charge in [0.05, 0.1) is 9.82 Å². The Morgan fingerprint density at radius 2 is 2.05 bits per heavy atom. The number of nitrogens with zero attached hydrogens (tertiary/aromatic N) is 1. The molecule has 7 nitrogen and oxygen atoms in total. The van der Waals surface area contributed by atoms with Gasteiger partial charge in [-0.2, -0.15) is 0 Å². The molecule has 112 valence electrons. The molecule has 0 fully saturated rings. The van der Waals surface area contributed by atoms with Gasteiger partial charge in [-0.05, 0) is 18.1 Å². The van der Waals surface area contributed by atoms with Crippen molar-refractivity contribution < 1.29 is 13.3 Å². The summed E-state index contributed by atoms with van der Waals surface area (Å²) in [6, 6.07) is 3.79. The molecule has 0 amide bonds. The number of sulfonamides is 1. The van der Waals surface area contributed by atoms with Crippen molar-refractivity contribution in [3.63, 3.8) is 0 Å². The van der Waals surface area contributed by atoms with Gasteiger partial charge in [0, 0.05) is 19.7 Å². The molecule has 1 aromatic carbocycles. The number of hydrogen-bond donors (Lipinski definition) is 2. The maximum atomic E-state index is 12.1. The van der Waals surface area contributed by atoms with Crippen LogP contribution in [-0.4, -0.2) is 26.9 Å². The van der Waals surface area contributed by atoms with Crippen LogP contribution in [0.5, 0.6) is 0 Å². The van der Waals surface area contributed by atoms with Crippen molar-refractivity contribution in [1.29, 1.82) is 0 Å². The summed E-state index contributed by atoms with van der Waals surface area (Å²) in [6.45, 7) is 4.20. The molecular formula is C12H19N3O4S. The second-order valence-electron chi connectivity index (χ2n) is 4.55. The second-order valence-corrected chi connectivity index (χ2v) is 6.32. The molecule has 8 heteroatoms. The summed E-state index contributed by atoms with van der Waals surface area (Å²) in [4.78, 5) is 10.2. The van der Waals surface area contributed by atoms with Crippen LogP contribution >= 0.6 is 0 Å². The Hall–Kier alpha value is -1.67. The predicted octanol–water partition coefficient (Wildman–Crippen LogP) is 1.96. The first-order valence-corrected chi connectivity index (χ1v) is 7.76. The maximum Gasteiger partial charge on any atom is 0.293 e. The molecule has 0 saturated heterocycles. The first-order valence-electron chi connectivity index (χ1n) is 6.27. The monoisotopic (exact) mass is 301 g/mol. The van der Waals surface area contributed by atoms with Crippen molar-refractivity contribution in [2.75, 3.05) is 18.9 Å². The Morgan fingerprint density at radius 1 is 1.40 bits per heavy atom.